The normalized spacial score (nSPS) is 11.1. The van der Waals surface area contributed by atoms with E-state index in [1.54, 1.807) is 0 Å². The molecular weight excluding hydrogens is 272 g/mol. The summed E-state index contributed by atoms with van der Waals surface area (Å²) in [7, 11) is 0. The van der Waals surface area contributed by atoms with E-state index in [2.05, 4.69) is 22.2 Å². The van der Waals surface area contributed by atoms with E-state index in [1.807, 2.05) is 35.7 Å². The fourth-order valence-corrected chi connectivity index (χ4v) is 2.75. The third-order valence-electron chi connectivity index (χ3n) is 2.92. The molecule has 2 aromatic heterocycles. The molecule has 0 N–H and O–H groups in total. The second kappa shape index (κ2) is 5.58. The molecule has 0 spiro atoms. The summed E-state index contributed by atoms with van der Waals surface area (Å²) in [6.07, 6.45) is 1.93. The topological polar surface area (TPSA) is 52.3 Å². The molecule has 0 aliphatic rings. The zero-order chi connectivity index (χ0) is 13.9. The van der Waals surface area contributed by atoms with Crippen molar-refractivity contribution in [2.45, 2.75) is 33.3 Å². The first kappa shape index (κ1) is 13.1. The van der Waals surface area contributed by atoms with E-state index in [0.717, 1.165) is 34.4 Å². The number of hydrogen-bond donors (Lipinski definition) is 0. The Labute approximate surface area is 121 Å². The van der Waals surface area contributed by atoms with Crippen LogP contribution in [0.5, 0.6) is 5.75 Å². The van der Waals surface area contributed by atoms with Gasteiger partial charge in [0.2, 0.25) is 4.96 Å². The Balaban J connectivity index is 1.74. The zero-order valence-corrected chi connectivity index (χ0v) is 12.4. The van der Waals surface area contributed by atoms with Gasteiger partial charge in [0.25, 0.3) is 0 Å². The van der Waals surface area contributed by atoms with Gasteiger partial charge in [-0.15, -0.1) is 10.2 Å². The second-order valence-corrected chi connectivity index (χ2v) is 5.70. The number of fused-ring (bicyclic) bond motifs is 1. The van der Waals surface area contributed by atoms with Crippen LogP contribution in [-0.2, 0) is 13.0 Å². The summed E-state index contributed by atoms with van der Waals surface area (Å²) < 4.78 is 7.58. The zero-order valence-electron chi connectivity index (χ0n) is 11.5. The van der Waals surface area contributed by atoms with Crippen molar-refractivity contribution in [3.63, 3.8) is 0 Å². The molecular formula is C14H16N4OS. The molecule has 104 valence electrons. The molecule has 2 heterocycles. The molecule has 0 amide bonds. The van der Waals surface area contributed by atoms with Crippen LogP contribution < -0.4 is 4.74 Å². The van der Waals surface area contributed by atoms with Crippen molar-refractivity contribution in [1.82, 2.24) is 19.8 Å². The number of rotatable bonds is 5. The summed E-state index contributed by atoms with van der Waals surface area (Å²) in [6.45, 7) is 4.63. The Morgan fingerprint density at radius 3 is 3.00 bits per heavy atom. The van der Waals surface area contributed by atoms with Gasteiger partial charge in [0.1, 0.15) is 12.4 Å². The van der Waals surface area contributed by atoms with E-state index in [1.165, 1.54) is 16.9 Å². The molecule has 20 heavy (non-hydrogen) atoms. The van der Waals surface area contributed by atoms with Crippen molar-refractivity contribution >= 4 is 16.3 Å². The maximum atomic E-state index is 5.76. The van der Waals surface area contributed by atoms with Crippen LogP contribution >= 0.6 is 11.3 Å². The summed E-state index contributed by atoms with van der Waals surface area (Å²) in [5, 5.41) is 13.7. The Morgan fingerprint density at radius 1 is 1.30 bits per heavy atom. The summed E-state index contributed by atoms with van der Waals surface area (Å²) >= 11 is 1.52. The van der Waals surface area contributed by atoms with Gasteiger partial charge in [-0.3, -0.25) is 0 Å². The molecule has 5 nitrogen and oxygen atoms in total. The van der Waals surface area contributed by atoms with Crippen molar-refractivity contribution in [2.24, 2.45) is 0 Å². The first-order chi connectivity index (χ1) is 9.76. The predicted molar refractivity (Wildman–Crippen MR) is 78.2 cm³/mol. The number of aryl methyl sites for hydroxylation is 2. The van der Waals surface area contributed by atoms with Crippen LogP contribution in [0, 0.1) is 6.92 Å². The number of hydrogen-bond acceptors (Lipinski definition) is 5. The summed E-state index contributed by atoms with van der Waals surface area (Å²) in [5.41, 5.74) is 1.19. The van der Waals surface area contributed by atoms with Crippen LogP contribution in [0.15, 0.2) is 24.3 Å². The van der Waals surface area contributed by atoms with Gasteiger partial charge in [-0.05, 0) is 31.0 Å². The third kappa shape index (κ3) is 2.65. The quantitative estimate of drug-likeness (QED) is 0.724. The number of benzene rings is 1. The van der Waals surface area contributed by atoms with E-state index < -0.39 is 0 Å². The first-order valence-electron chi connectivity index (χ1n) is 6.65. The average molecular weight is 288 g/mol. The largest absolute Gasteiger partial charge is 0.486 e. The van der Waals surface area contributed by atoms with Gasteiger partial charge in [0, 0.05) is 6.42 Å². The number of nitrogens with zero attached hydrogens (tertiary/aromatic N) is 4. The third-order valence-corrected chi connectivity index (χ3v) is 3.80. The SMILES string of the molecule is CCCc1nnc2sc(COc3cccc(C)c3)nn12. The molecule has 0 fully saturated rings. The highest BCUT2D eigenvalue weighted by Crippen LogP contribution is 2.18. The van der Waals surface area contributed by atoms with E-state index in [4.69, 9.17) is 4.74 Å². The lowest BCUT2D eigenvalue weighted by Crippen LogP contribution is -1.99. The summed E-state index contributed by atoms with van der Waals surface area (Å²) in [5.74, 6) is 1.78. The van der Waals surface area contributed by atoms with Crippen LogP contribution in [0.4, 0.5) is 0 Å². The van der Waals surface area contributed by atoms with Crippen LogP contribution in [0.3, 0.4) is 0 Å². The molecule has 0 bridgehead atoms. The van der Waals surface area contributed by atoms with Crippen molar-refractivity contribution in [2.75, 3.05) is 0 Å². The maximum Gasteiger partial charge on any atom is 0.234 e. The Bertz CT molecular complexity index is 719. The maximum absolute atomic E-state index is 5.76. The second-order valence-electron chi connectivity index (χ2n) is 4.66. The van der Waals surface area contributed by atoms with Gasteiger partial charge in [0.05, 0.1) is 0 Å². The standard InChI is InChI=1S/C14H16N4OS/c1-3-5-12-15-16-14-18(12)17-13(20-14)9-19-11-7-4-6-10(2)8-11/h4,6-8H,3,5,9H2,1-2H3. The smallest absolute Gasteiger partial charge is 0.234 e. The molecule has 3 rings (SSSR count). The molecule has 0 unspecified atom stereocenters. The average Bonchev–Trinajstić information content (AvgIpc) is 2.99. The highest BCUT2D eigenvalue weighted by Gasteiger charge is 2.11. The van der Waals surface area contributed by atoms with Gasteiger partial charge < -0.3 is 4.74 Å². The Morgan fingerprint density at radius 2 is 2.20 bits per heavy atom. The molecule has 0 radical (unpaired) electrons. The van der Waals surface area contributed by atoms with Gasteiger partial charge >= 0.3 is 0 Å². The van der Waals surface area contributed by atoms with Crippen molar-refractivity contribution < 1.29 is 4.74 Å². The van der Waals surface area contributed by atoms with Gasteiger partial charge in [-0.1, -0.05) is 30.4 Å². The highest BCUT2D eigenvalue weighted by molar-refractivity contribution is 7.16. The minimum Gasteiger partial charge on any atom is -0.486 e. The van der Waals surface area contributed by atoms with E-state index >= 15 is 0 Å². The molecule has 3 aromatic rings. The van der Waals surface area contributed by atoms with Crippen LogP contribution in [0.2, 0.25) is 0 Å². The van der Waals surface area contributed by atoms with Gasteiger partial charge in [-0.2, -0.15) is 9.61 Å². The van der Waals surface area contributed by atoms with Crippen molar-refractivity contribution in [3.05, 3.63) is 40.7 Å². The van der Waals surface area contributed by atoms with E-state index in [9.17, 15) is 0 Å². The lowest BCUT2D eigenvalue weighted by molar-refractivity contribution is 0.304. The molecule has 0 saturated heterocycles. The highest BCUT2D eigenvalue weighted by atomic mass is 32.1. The van der Waals surface area contributed by atoms with Gasteiger partial charge in [-0.25, -0.2) is 0 Å². The fourth-order valence-electron chi connectivity index (χ4n) is 1.99. The van der Waals surface area contributed by atoms with Crippen molar-refractivity contribution in [3.8, 4) is 5.75 Å². The summed E-state index contributed by atoms with van der Waals surface area (Å²) in [4.78, 5) is 0.830. The minimum atomic E-state index is 0.461. The predicted octanol–water partition coefficient (Wildman–Crippen LogP) is 3.03. The molecule has 0 saturated carbocycles. The van der Waals surface area contributed by atoms with E-state index in [0.29, 0.717) is 6.61 Å². The Kier molecular flexibility index (Phi) is 3.64. The molecule has 0 aliphatic carbocycles. The van der Waals surface area contributed by atoms with Crippen molar-refractivity contribution in [1.29, 1.82) is 0 Å². The Hall–Kier alpha value is -1.95. The summed E-state index contributed by atoms with van der Waals surface area (Å²) in [6, 6.07) is 8.01. The molecule has 0 aliphatic heterocycles. The molecule has 6 heteroatoms. The van der Waals surface area contributed by atoms with E-state index in [-0.39, 0.29) is 0 Å². The first-order valence-corrected chi connectivity index (χ1v) is 7.47. The lowest BCUT2D eigenvalue weighted by atomic mass is 10.2. The van der Waals surface area contributed by atoms with Crippen LogP contribution in [0.1, 0.15) is 29.7 Å². The molecule has 1 aromatic carbocycles. The molecule has 0 atom stereocenters. The minimum absolute atomic E-state index is 0.461. The number of ether oxygens (including phenoxy) is 1. The van der Waals surface area contributed by atoms with Gasteiger partial charge in [0.15, 0.2) is 10.8 Å². The van der Waals surface area contributed by atoms with Crippen LogP contribution in [-0.4, -0.2) is 19.8 Å². The monoisotopic (exact) mass is 288 g/mol. The lowest BCUT2D eigenvalue weighted by Gasteiger charge is -2.03. The number of aromatic nitrogens is 4. The van der Waals surface area contributed by atoms with Crippen LogP contribution in [0.25, 0.3) is 4.96 Å². The fraction of sp³-hybridized carbons (Fsp3) is 0.357.